The highest BCUT2D eigenvalue weighted by Crippen LogP contribution is 2.28. The molecular weight excluding hydrogens is 388 g/mol. The number of rotatable bonds is 8. The van der Waals surface area contributed by atoms with Gasteiger partial charge in [-0.2, -0.15) is 0 Å². The predicted octanol–water partition coefficient (Wildman–Crippen LogP) is 3.97. The zero-order valence-electron chi connectivity index (χ0n) is 17.0. The van der Waals surface area contributed by atoms with Crippen molar-refractivity contribution in [1.82, 2.24) is 0 Å². The van der Waals surface area contributed by atoms with Crippen LogP contribution < -0.4 is 19.8 Å². The zero-order valence-corrected chi connectivity index (χ0v) is 17.0. The molecule has 0 aliphatic rings. The Hall–Kier alpha value is -3.74. The Labute approximate surface area is 173 Å². The molecule has 0 aliphatic carbocycles. The van der Waals surface area contributed by atoms with E-state index in [0.29, 0.717) is 40.4 Å². The summed E-state index contributed by atoms with van der Waals surface area (Å²) in [5.74, 6) is 1.22. The van der Waals surface area contributed by atoms with E-state index in [1.54, 1.807) is 49.6 Å². The molecule has 3 rings (SSSR count). The Kier molecular flexibility index (Phi) is 6.75. The summed E-state index contributed by atoms with van der Waals surface area (Å²) >= 11 is 0. The standard InChI is InChI=1S/C23H22O7/c1-4-28-19-9-5-15(11-21(19)27-3)6-10-22(24)29-14-16-12-23(25)30-20-13-17(26-2)7-8-18(16)20/h5-13H,4,14H2,1-3H3/b10-6+. The van der Waals surface area contributed by atoms with Crippen molar-refractivity contribution in [1.29, 1.82) is 0 Å². The lowest BCUT2D eigenvalue weighted by atomic mass is 10.1. The van der Waals surface area contributed by atoms with Crippen molar-refractivity contribution in [2.75, 3.05) is 20.8 Å². The number of fused-ring (bicyclic) bond motifs is 1. The Morgan fingerprint density at radius 2 is 1.87 bits per heavy atom. The van der Waals surface area contributed by atoms with E-state index in [9.17, 15) is 9.59 Å². The quantitative estimate of drug-likeness (QED) is 0.316. The summed E-state index contributed by atoms with van der Waals surface area (Å²) in [6.07, 6.45) is 2.93. The van der Waals surface area contributed by atoms with E-state index >= 15 is 0 Å². The second kappa shape index (κ2) is 9.65. The number of methoxy groups -OCH3 is 2. The van der Waals surface area contributed by atoms with E-state index < -0.39 is 11.6 Å². The van der Waals surface area contributed by atoms with Crippen LogP contribution in [0.1, 0.15) is 18.1 Å². The van der Waals surface area contributed by atoms with Gasteiger partial charge in [-0.05, 0) is 42.8 Å². The van der Waals surface area contributed by atoms with Gasteiger partial charge in [0, 0.05) is 29.2 Å². The number of hydrogen-bond donors (Lipinski definition) is 0. The monoisotopic (exact) mass is 410 g/mol. The highest BCUT2D eigenvalue weighted by atomic mass is 16.5. The van der Waals surface area contributed by atoms with Gasteiger partial charge in [0.15, 0.2) is 11.5 Å². The molecular formula is C23H22O7. The molecule has 0 unspecified atom stereocenters. The topological polar surface area (TPSA) is 84.2 Å². The Bertz CT molecular complexity index is 1130. The second-order valence-electron chi connectivity index (χ2n) is 6.24. The first-order chi connectivity index (χ1) is 14.5. The molecule has 0 bridgehead atoms. The lowest BCUT2D eigenvalue weighted by Gasteiger charge is -2.09. The van der Waals surface area contributed by atoms with E-state index in [0.717, 1.165) is 5.56 Å². The Morgan fingerprint density at radius 1 is 1.03 bits per heavy atom. The van der Waals surface area contributed by atoms with Crippen molar-refractivity contribution in [2.24, 2.45) is 0 Å². The van der Waals surface area contributed by atoms with Gasteiger partial charge in [-0.3, -0.25) is 0 Å². The van der Waals surface area contributed by atoms with Crippen LogP contribution in [0, 0.1) is 0 Å². The summed E-state index contributed by atoms with van der Waals surface area (Å²) in [6.45, 7) is 2.35. The van der Waals surface area contributed by atoms with Crippen molar-refractivity contribution in [3.8, 4) is 17.2 Å². The van der Waals surface area contributed by atoms with Crippen molar-refractivity contribution >= 4 is 23.0 Å². The normalized spacial score (nSPS) is 10.9. The van der Waals surface area contributed by atoms with Gasteiger partial charge in [-0.1, -0.05) is 6.07 Å². The molecule has 0 saturated heterocycles. The Balaban J connectivity index is 1.71. The zero-order chi connectivity index (χ0) is 21.5. The van der Waals surface area contributed by atoms with Crippen LogP contribution in [0.4, 0.5) is 0 Å². The average Bonchev–Trinajstić information content (AvgIpc) is 2.76. The molecule has 0 spiro atoms. The highest BCUT2D eigenvalue weighted by Gasteiger charge is 2.09. The third-order valence-electron chi connectivity index (χ3n) is 4.31. The molecule has 0 atom stereocenters. The van der Waals surface area contributed by atoms with E-state index in [1.165, 1.54) is 19.3 Å². The van der Waals surface area contributed by atoms with Gasteiger partial charge >= 0.3 is 11.6 Å². The number of esters is 1. The molecule has 7 heteroatoms. The minimum absolute atomic E-state index is 0.0653. The van der Waals surface area contributed by atoms with Gasteiger partial charge < -0.3 is 23.4 Å². The fourth-order valence-electron chi connectivity index (χ4n) is 2.88. The molecule has 156 valence electrons. The summed E-state index contributed by atoms with van der Waals surface area (Å²) in [7, 11) is 3.08. The van der Waals surface area contributed by atoms with Crippen LogP contribution in [0.2, 0.25) is 0 Å². The van der Waals surface area contributed by atoms with Crippen molar-refractivity contribution in [3.05, 3.63) is 70.1 Å². The maximum atomic E-state index is 12.1. The molecule has 0 fully saturated rings. The van der Waals surface area contributed by atoms with Gasteiger partial charge in [0.05, 0.1) is 20.8 Å². The average molecular weight is 410 g/mol. The smallest absolute Gasteiger partial charge is 0.336 e. The third kappa shape index (κ3) is 5.00. The van der Waals surface area contributed by atoms with Crippen molar-refractivity contribution < 1.29 is 28.2 Å². The molecule has 3 aromatic rings. The fraction of sp³-hybridized carbons (Fsp3) is 0.217. The van der Waals surface area contributed by atoms with Crippen LogP contribution in [0.3, 0.4) is 0 Å². The van der Waals surface area contributed by atoms with Gasteiger partial charge in [-0.15, -0.1) is 0 Å². The molecule has 0 aliphatic heterocycles. The number of hydrogen-bond acceptors (Lipinski definition) is 7. The van der Waals surface area contributed by atoms with Gasteiger partial charge in [0.1, 0.15) is 17.9 Å². The van der Waals surface area contributed by atoms with Gasteiger partial charge in [0.25, 0.3) is 0 Å². The summed E-state index contributed by atoms with van der Waals surface area (Å²) in [5, 5.41) is 0.670. The first kappa shape index (κ1) is 21.0. The molecule has 0 N–H and O–H groups in total. The fourth-order valence-corrected chi connectivity index (χ4v) is 2.88. The third-order valence-corrected chi connectivity index (χ3v) is 4.31. The minimum atomic E-state index is -0.544. The molecule has 1 heterocycles. The van der Waals surface area contributed by atoms with Crippen LogP contribution in [-0.2, 0) is 16.1 Å². The minimum Gasteiger partial charge on any atom is -0.497 e. The van der Waals surface area contributed by atoms with Crippen LogP contribution in [0.5, 0.6) is 17.2 Å². The van der Waals surface area contributed by atoms with E-state index in [-0.39, 0.29) is 6.61 Å². The van der Waals surface area contributed by atoms with Crippen LogP contribution in [0.15, 0.2) is 57.8 Å². The lowest BCUT2D eigenvalue weighted by molar-refractivity contribution is -0.138. The maximum Gasteiger partial charge on any atom is 0.336 e. The molecule has 0 radical (unpaired) electrons. The summed E-state index contributed by atoms with van der Waals surface area (Å²) < 4.78 is 26.4. The molecule has 0 amide bonds. The van der Waals surface area contributed by atoms with Gasteiger partial charge in [-0.25, -0.2) is 9.59 Å². The summed E-state index contributed by atoms with van der Waals surface area (Å²) in [5.41, 5.74) is 1.14. The maximum absolute atomic E-state index is 12.1. The summed E-state index contributed by atoms with van der Waals surface area (Å²) in [4.78, 5) is 24.0. The molecule has 7 nitrogen and oxygen atoms in total. The Morgan fingerprint density at radius 3 is 2.60 bits per heavy atom. The lowest BCUT2D eigenvalue weighted by Crippen LogP contribution is -2.05. The van der Waals surface area contributed by atoms with E-state index in [4.69, 9.17) is 23.4 Å². The van der Waals surface area contributed by atoms with E-state index in [2.05, 4.69) is 0 Å². The predicted molar refractivity (Wildman–Crippen MR) is 112 cm³/mol. The van der Waals surface area contributed by atoms with Crippen molar-refractivity contribution in [2.45, 2.75) is 13.5 Å². The second-order valence-corrected chi connectivity index (χ2v) is 6.24. The van der Waals surface area contributed by atoms with Crippen LogP contribution in [-0.4, -0.2) is 26.8 Å². The number of carbonyl (C=O) groups excluding carboxylic acids is 1. The molecule has 0 saturated carbocycles. The number of benzene rings is 2. The number of ether oxygens (including phenoxy) is 4. The first-order valence-corrected chi connectivity index (χ1v) is 9.30. The molecule has 30 heavy (non-hydrogen) atoms. The number of carbonyl (C=O) groups is 1. The molecule has 1 aromatic heterocycles. The van der Waals surface area contributed by atoms with Gasteiger partial charge in [0.2, 0.25) is 0 Å². The summed E-state index contributed by atoms with van der Waals surface area (Å²) in [6, 6.07) is 11.8. The van der Waals surface area contributed by atoms with Crippen LogP contribution in [0.25, 0.3) is 17.0 Å². The first-order valence-electron chi connectivity index (χ1n) is 9.30. The SMILES string of the molecule is CCOc1ccc(/C=C/C(=O)OCc2cc(=O)oc3cc(OC)ccc23)cc1OC. The van der Waals surface area contributed by atoms with E-state index in [1.807, 2.05) is 6.92 Å². The molecule has 2 aromatic carbocycles. The highest BCUT2D eigenvalue weighted by molar-refractivity contribution is 5.87. The van der Waals surface area contributed by atoms with Crippen molar-refractivity contribution in [3.63, 3.8) is 0 Å². The van der Waals surface area contributed by atoms with Crippen LogP contribution >= 0.6 is 0 Å². The largest absolute Gasteiger partial charge is 0.497 e.